The molecule has 2 aromatic rings. The normalized spacial score (nSPS) is 10.1. The topological polar surface area (TPSA) is 89.5 Å². The van der Waals surface area contributed by atoms with Crippen molar-refractivity contribution in [1.82, 2.24) is 0 Å². The van der Waals surface area contributed by atoms with Crippen LogP contribution in [0.5, 0.6) is 34.5 Å². The van der Waals surface area contributed by atoms with Gasteiger partial charge in [-0.1, -0.05) is 0 Å². The lowest BCUT2D eigenvalue weighted by molar-refractivity contribution is 0.0816. The molecule has 150 valence electrons. The number of hydrogen-bond acceptors (Lipinski definition) is 8. The molecule has 0 amide bonds. The van der Waals surface area contributed by atoms with Gasteiger partial charge in [-0.25, -0.2) is 0 Å². The number of rotatable bonds is 9. The van der Waals surface area contributed by atoms with E-state index in [4.69, 9.17) is 28.4 Å². The van der Waals surface area contributed by atoms with Gasteiger partial charge in [0.25, 0.3) is 0 Å². The molecule has 0 aliphatic heterocycles. The van der Waals surface area contributed by atoms with E-state index in [1.807, 2.05) is 0 Å². The average molecular weight is 390 g/mol. The Hall–Kier alpha value is -3.42. The van der Waals surface area contributed by atoms with Gasteiger partial charge in [0.1, 0.15) is 0 Å². The number of ether oxygens (including phenoxy) is 6. The molecule has 2 aromatic carbocycles. The fourth-order valence-corrected chi connectivity index (χ4v) is 2.69. The Bertz CT molecular complexity index is 764. The second-order valence-corrected chi connectivity index (χ2v) is 5.49. The Balaban J connectivity index is 2.52. The van der Waals surface area contributed by atoms with Gasteiger partial charge in [-0.05, 0) is 24.3 Å². The molecule has 8 heteroatoms. The molecular formula is C20H22O8. The molecule has 8 nitrogen and oxygen atoms in total. The molecule has 0 fully saturated rings. The van der Waals surface area contributed by atoms with Crippen molar-refractivity contribution in [3.63, 3.8) is 0 Å². The van der Waals surface area contributed by atoms with Gasteiger partial charge < -0.3 is 28.4 Å². The third-order valence-corrected chi connectivity index (χ3v) is 4.06. The van der Waals surface area contributed by atoms with Crippen molar-refractivity contribution in [3.8, 4) is 34.5 Å². The summed E-state index contributed by atoms with van der Waals surface area (Å²) in [5, 5.41) is 0. The second kappa shape index (κ2) is 8.98. The van der Waals surface area contributed by atoms with Crippen molar-refractivity contribution < 1.29 is 38.0 Å². The van der Waals surface area contributed by atoms with Crippen LogP contribution in [-0.2, 0) is 0 Å². The molecule has 0 radical (unpaired) electrons. The highest BCUT2D eigenvalue weighted by molar-refractivity contribution is 6.49. The molecule has 0 heterocycles. The fraction of sp³-hybridized carbons (Fsp3) is 0.300. The van der Waals surface area contributed by atoms with Gasteiger partial charge in [-0.2, -0.15) is 0 Å². The minimum absolute atomic E-state index is 0.0910. The van der Waals surface area contributed by atoms with E-state index >= 15 is 0 Å². The van der Waals surface area contributed by atoms with Gasteiger partial charge in [0.15, 0.2) is 23.0 Å². The van der Waals surface area contributed by atoms with Crippen LogP contribution in [0.1, 0.15) is 20.7 Å². The summed E-state index contributed by atoms with van der Waals surface area (Å²) in [7, 11) is 8.59. The van der Waals surface area contributed by atoms with Gasteiger partial charge >= 0.3 is 0 Å². The summed E-state index contributed by atoms with van der Waals surface area (Å²) >= 11 is 0. The van der Waals surface area contributed by atoms with Crippen LogP contribution in [0.15, 0.2) is 24.3 Å². The van der Waals surface area contributed by atoms with Crippen LogP contribution in [0.4, 0.5) is 0 Å². The quantitative estimate of drug-likeness (QED) is 0.477. The minimum Gasteiger partial charge on any atom is -0.493 e. The number of benzene rings is 2. The van der Waals surface area contributed by atoms with Crippen LogP contribution < -0.4 is 28.4 Å². The monoisotopic (exact) mass is 390 g/mol. The molecule has 0 N–H and O–H groups in total. The standard InChI is InChI=1S/C20H22O8/c1-23-13-7-11(8-14(24-2)19(13)27-5)17(21)18(22)12-9-15(25-3)20(28-6)16(10-12)26-4/h7-10H,1-6H3. The third-order valence-electron chi connectivity index (χ3n) is 4.06. The van der Waals surface area contributed by atoms with E-state index in [-0.39, 0.29) is 34.1 Å². The Labute approximate surface area is 162 Å². The summed E-state index contributed by atoms with van der Waals surface area (Å²) in [4.78, 5) is 25.6. The molecule has 0 aliphatic carbocycles. The van der Waals surface area contributed by atoms with Crippen molar-refractivity contribution in [1.29, 1.82) is 0 Å². The van der Waals surface area contributed by atoms with Crippen molar-refractivity contribution in [3.05, 3.63) is 35.4 Å². The molecule has 0 aliphatic rings. The molecule has 0 saturated carbocycles. The number of carbonyl (C=O) groups is 2. The van der Waals surface area contributed by atoms with Gasteiger partial charge in [0.05, 0.1) is 42.7 Å². The van der Waals surface area contributed by atoms with Crippen LogP contribution in [0.25, 0.3) is 0 Å². The summed E-state index contributed by atoms with van der Waals surface area (Å²) in [6.07, 6.45) is 0. The minimum atomic E-state index is -0.756. The van der Waals surface area contributed by atoms with E-state index in [0.717, 1.165) is 0 Å². The van der Waals surface area contributed by atoms with Gasteiger partial charge in [-0.3, -0.25) is 9.59 Å². The summed E-state index contributed by atoms with van der Waals surface area (Å²) in [5.74, 6) is 0.196. The fourth-order valence-electron chi connectivity index (χ4n) is 2.69. The largest absolute Gasteiger partial charge is 0.493 e. The van der Waals surface area contributed by atoms with E-state index in [0.29, 0.717) is 11.5 Å². The Morgan fingerprint density at radius 1 is 0.500 bits per heavy atom. The van der Waals surface area contributed by atoms with Crippen LogP contribution in [0.2, 0.25) is 0 Å². The predicted molar refractivity (Wildman–Crippen MR) is 101 cm³/mol. The number of carbonyl (C=O) groups excluding carboxylic acids is 2. The number of methoxy groups -OCH3 is 6. The van der Waals surface area contributed by atoms with Crippen molar-refractivity contribution in [2.45, 2.75) is 0 Å². The van der Waals surface area contributed by atoms with Crippen molar-refractivity contribution >= 4 is 11.6 Å². The lowest BCUT2D eigenvalue weighted by atomic mass is 10.00. The summed E-state index contributed by atoms with van der Waals surface area (Å²) in [6.45, 7) is 0. The molecule has 0 saturated heterocycles. The Kier molecular flexibility index (Phi) is 6.70. The maximum absolute atomic E-state index is 12.8. The van der Waals surface area contributed by atoms with Crippen LogP contribution in [-0.4, -0.2) is 54.2 Å². The highest BCUT2D eigenvalue weighted by Gasteiger charge is 2.25. The number of ketones is 2. The van der Waals surface area contributed by atoms with Crippen LogP contribution in [0, 0.1) is 0 Å². The molecule has 0 aromatic heterocycles. The third kappa shape index (κ3) is 3.80. The first-order valence-electron chi connectivity index (χ1n) is 8.14. The van der Waals surface area contributed by atoms with E-state index in [9.17, 15) is 9.59 Å². The lowest BCUT2D eigenvalue weighted by Crippen LogP contribution is -2.15. The first-order valence-corrected chi connectivity index (χ1v) is 8.14. The zero-order valence-electron chi connectivity index (χ0n) is 16.6. The molecule has 0 unspecified atom stereocenters. The van der Waals surface area contributed by atoms with Gasteiger partial charge in [-0.15, -0.1) is 0 Å². The predicted octanol–water partition coefficient (Wildman–Crippen LogP) is 2.80. The lowest BCUT2D eigenvalue weighted by Gasteiger charge is -2.15. The van der Waals surface area contributed by atoms with Crippen LogP contribution in [0.3, 0.4) is 0 Å². The summed E-state index contributed by atoms with van der Waals surface area (Å²) in [5.41, 5.74) is 0.182. The van der Waals surface area contributed by atoms with Crippen molar-refractivity contribution in [2.24, 2.45) is 0 Å². The SMILES string of the molecule is COc1cc(C(=O)C(=O)c2cc(OC)c(OC)c(OC)c2)cc(OC)c1OC. The van der Waals surface area contributed by atoms with Gasteiger partial charge in [0, 0.05) is 11.1 Å². The summed E-state index contributed by atoms with van der Waals surface area (Å²) in [6, 6.07) is 5.66. The van der Waals surface area contributed by atoms with Crippen LogP contribution >= 0.6 is 0 Å². The maximum atomic E-state index is 12.8. The molecule has 0 bridgehead atoms. The van der Waals surface area contributed by atoms with E-state index < -0.39 is 11.6 Å². The van der Waals surface area contributed by atoms with Crippen molar-refractivity contribution in [2.75, 3.05) is 42.7 Å². The molecule has 0 atom stereocenters. The maximum Gasteiger partial charge on any atom is 0.233 e. The van der Waals surface area contributed by atoms with Gasteiger partial charge in [0.2, 0.25) is 23.1 Å². The first kappa shape index (κ1) is 20.9. The second-order valence-electron chi connectivity index (χ2n) is 5.49. The van der Waals surface area contributed by atoms with E-state index in [1.165, 1.54) is 66.9 Å². The number of hydrogen-bond donors (Lipinski definition) is 0. The zero-order chi connectivity index (χ0) is 20.8. The highest BCUT2D eigenvalue weighted by Crippen LogP contribution is 2.40. The Morgan fingerprint density at radius 2 is 0.750 bits per heavy atom. The highest BCUT2D eigenvalue weighted by atomic mass is 16.5. The first-order chi connectivity index (χ1) is 13.4. The molecule has 2 rings (SSSR count). The van der Waals surface area contributed by atoms with E-state index in [1.54, 1.807) is 0 Å². The zero-order valence-corrected chi connectivity index (χ0v) is 16.6. The Morgan fingerprint density at radius 3 is 0.929 bits per heavy atom. The van der Waals surface area contributed by atoms with E-state index in [2.05, 4.69) is 0 Å². The molecule has 0 spiro atoms. The smallest absolute Gasteiger partial charge is 0.233 e. The average Bonchev–Trinajstić information content (AvgIpc) is 2.75. The summed E-state index contributed by atoms with van der Waals surface area (Å²) < 4.78 is 31.4. The molecular weight excluding hydrogens is 368 g/mol. The molecule has 28 heavy (non-hydrogen) atoms. The number of Topliss-reactive ketones (excluding diaryl/α,β-unsaturated/α-hetero) is 2.